The van der Waals surface area contributed by atoms with Gasteiger partial charge in [0.2, 0.25) is 0 Å². The summed E-state index contributed by atoms with van der Waals surface area (Å²) < 4.78 is 5.86. The van der Waals surface area contributed by atoms with Gasteiger partial charge in [0.25, 0.3) is 0 Å². The zero-order valence-electron chi connectivity index (χ0n) is 19.8. The van der Waals surface area contributed by atoms with E-state index in [0.29, 0.717) is 5.84 Å². The highest BCUT2D eigenvalue weighted by molar-refractivity contribution is 5.99. The van der Waals surface area contributed by atoms with E-state index in [-0.39, 0.29) is 0 Å². The van der Waals surface area contributed by atoms with Crippen molar-refractivity contribution in [3.05, 3.63) is 29.8 Å². The first kappa shape index (κ1) is 25.9. The highest BCUT2D eigenvalue weighted by Crippen LogP contribution is 2.15. The first-order valence-corrected chi connectivity index (χ1v) is 12.6. The Labute approximate surface area is 194 Å². The van der Waals surface area contributed by atoms with Crippen LogP contribution in [0, 0.1) is 10.8 Å². The van der Waals surface area contributed by atoms with Gasteiger partial charge in [0.15, 0.2) is 0 Å². The van der Waals surface area contributed by atoms with E-state index in [2.05, 4.69) is 22.4 Å². The normalized spacial score (nSPS) is 13.3. The van der Waals surface area contributed by atoms with Gasteiger partial charge in [-0.05, 0) is 75.6 Å². The molecule has 0 radical (unpaired) electrons. The number of benzene rings is 1. The van der Waals surface area contributed by atoms with Crippen LogP contribution >= 0.6 is 0 Å². The molecule has 1 aromatic carbocycles. The number of aliphatic imine (C=N–C) groups is 1. The molecule has 6 nitrogen and oxygen atoms in total. The lowest BCUT2D eigenvalue weighted by atomic mass is 10.0. The van der Waals surface area contributed by atoms with E-state index in [1.54, 1.807) is 0 Å². The Morgan fingerprint density at radius 3 is 2.03 bits per heavy atom. The van der Waals surface area contributed by atoms with Crippen molar-refractivity contribution in [2.45, 2.75) is 89.9 Å². The number of hydrogen-bond acceptors (Lipinski definition) is 5. The Kier molecular flexibility index (Phi) is 13.2. The standard InChI is InChI=1S/C26H43N5O/c27-23(12-7-4-2-1-3-5-9-14-25(28)29)13-8-6-10-21-32-24-17-15-22(16-18-24)26-30-19-11-20-31-26/h15-18,27H,1-14,19-21H2,(H3,28,29)(H,30,31). The topological polar surface area (TPSA) is 107 Å². The minimum absolute atomic E-state index is 0.310. The van der Waals surface area contributed by atoms with Gasteiger partial charge < -0.3 is 21.2 Å². The highest BCUT2D eigenvalue weighted by Gasteiger charge is 2.06. The fourth-order valence-corrected chi connectivity index (χ4v) is 3.90. The summed E-state index contributed by atoms with van der Waals surface area (Å²) in [4.78, 5) is 4.52. The van der Waals surface area contributed by atoms with E-state index < -0.39 is 0 Å². The SMILES string of the molecule is N=C(N)CCCCCCCCCC(=N)CCCCCOc1ccc(C2=NCCCN2)cc1. The number of nitrogens with two attached hydrogens (primary N) is 1. The first-order valence-electron chi connectivity index (χ1n) is 12.6. The molecule has 0 aliphatic carbocycles. The van der Waals surface area contributed by atoms with E-state index in [0.717, 1.165) is 100 Å². The van der Waals surface area contributed by atoms with Crippen LogP contribution < -0.4 is 15.8 Å². The number of hydrogen-bond donors (Lipinski definition) is 4. The van der Waals surface area contributed by atoms with Crippen LogP contribution in [0.2, 0.25) is 0 Å². The van der Waals surface area contributed by atoms with E-state index in [1.807, 2.05) is 12.1 Å². The second-order valence-corrected chi connectivity index (χ2v) is 8.80. The van der Waals surface area contributed by atoms with Crippen molar-refractivity contribution in [3.8, 4) is 5.75 Å². The van der Waals surface area contributed by atoms with Gasteiger partial charge in [-0.2, -0.15) is 0 Å². The van der Waals surface area contributed by atoms with Crippen molar-refractivity contribution < 1.29 is 4.74 Å². The minimum atomic E-state index is 0.310. The van der Waals surface area contributed by atoms with Crippen molar-refractivity contribution >= 4 is 17.4 Å². The average molecular weight is 442 g/mol. The molecular weight excluding hydrogens is 398 g/mol. The molecule has 1 aliphatic heterocycles. The van der Waals surface area contributed by atoms with Gasteiger partial charge in [-0.1, -0.05) is 32.1 Å². The third-order valence-electron chi connectivity index (χ3n) is 5.84. The van der Waals surface area contributed by atoms with Crippen LogP contribution in [0.3, 0.4) is 0 Å². The van der Waals surface area contributed by atoms with Crippen LogP contribution in [-0.4, -0.2) is 37.1 Å². The van der Waals surface area contributed by atoms with E-state index in [1.165, 1.54) is 32.1 Å². The molecule has 0 saturated heterocycles. The molecule has 0 bridgehead atoms. The molecule has 1 aromatic rings. The summed E-state index contributed by atoms with van der Waals surface area (Å²) in [7, 11) is 0. The number of rotatable bonds is 18. The molecule has 0 unspecified atom stereocenters. The molecule has 0 spiro atoms. The monoisotopic (exact) mass is 441 g/mol. The molecule has 0 amide bonds. The summed E-state index contributed by atoms with van der Waals surface area (Å²) in [5.74, 6) is 2.22. The smallest absolute Gasteiger partial charge is 0.128 e. The molecule has 0 aromatic heterocycles. The van der Waals surface area contributed by atoms with Gasteiger partial charge in [-0.25, -0.2) is 0 Å². The molecule has 2 rings (SSSR count). The molecule has 1 heterocycles. The maximum absolute atomic E-state index is 8.14. The Bertz CT molecular complexity index is 699. The maximum Gasteiger partial charge on any atom is 0.128 e. The quantitative estimate of drug-likeness (QED) is 0.131. The molecule has 0 fully saturated rings. The number of nitrogens with zero attached hydrogens (tertiary/aromatic N) is 1. The van der Waals surface area contributed by atoms with E-state index in [4.69, 9.17) is 21.3 Å². The van der Waals surface area contributed by atoms with Crippen LogP contribution in [0.5, 0.6) is 5.75 Å². The van der Waals surface area contributed by atoms with Crippen LogP contribution in [0.4, 0.5) is 0 Å². The van der Waals surface area contributed by atoms with Crippen LogP contribution in [0.15, 0.2) is 29.3 Å². The van der Waals surface area contributed by atoms with Gasteiger partial charge in [0.05, 0.1) is 12.4 Å². The number of ether oxygens (including phenoxy) is 1. The Morgan fingerprint density at radius 2 is 1.44 bits per heavy atom. The number of unbranched alkanes of at least 4 members (excludes halogenated alkanes) is 8. The zero-order valence-corrected chi connectivity index (χ0v) is 19.8. The summed E-state index contributed by atoms with van der Waals surface area (Å²) in [6, 6.07) is 8.19. The lowest BCUT2D eigenvalue weighted by molar-refractivity contribution is 0.305. The minimum Gasteiger partial charge on any atom is -0.494 e. The summed E-state index contributed by atoms with van der Waals surface area (Å²) in [5, 5.41) is 18.7. The molecular formula is C26H43N5O. The third kappa shape index (κ3) is 11.9. The third-order valence-corrected chi connectivity index (χ3v) is 5.84. The molecule has 0 atom stereocenters. The van der Waals surface area contributed by atoms with Crippen molar-refractivity contribution in [3.63, 3.8) is 0 Å². The number of nitrogens with one attached hydrogen (secondary N) is 3. The van der Waals surface area contributed by atoms with Crippen molar-refractivity contribution in [1.29, 1.82) is 10.8 Å². The Hall–Kier alpha value is -2.37. The zero-order chi connectivity index (χ0) is 22.9. The van der Waals surface area contributed by atoms with Gasteiger partial charge in [-0.15, -0.1) is 0 Å². The van der Waals surface area contributed by atoms with Gasteiger partial charge >= 0.3 is 0 Å². The predicted octanol–water partition coefficient (Wildman–Crippen LogP) is 5.83. The molecule has 32 heavy (non-hydrogen) atoms. The van der Waals surface area contributed by atoms with Crippen LogP contribution in [-0.2, 0) is 0 Å². The fourth-order valence-electron chi connectivity index (χ4n) is 3.90. The Morgan fingerprint density at radius 1 is 0.844 bits per heavy atom. The van der Waals surface area contributed by atoms with Gasteiger partial charge in [0, 0.05) is 30.8 Å². The van der Waals surface area contributed by atoms with Gasteiger partial charge in [0.1, 0.15) is 11.6 Å². The fraction of sp³-hybridized carbons (Fsp3) is 0.654. The highest BCUT2D eigenvalue weighted by atomic mass is 16.5. The van der Waals surface area contributed by atoms with Crippen molar-refractivity contribution in [2.24, 2.45) is 10.7 Å². The van der Waals surface area contributed by atoms with Gasteiger partial charge in [-0.3, -0.25) is 10.4 Å². The predicted molar refractivity (Wildman–Crippen MR) is 136 cm³/mol. The molecule has 5 N–H and O–H groups in total. The lowest BCUT2D eigenvalue weighted by Gasteiger charge is -2.15. The molecule has 1 aliphatic rings. The van der Waals surface area contributed by atoms with Crippen LogP contribution in [0.25, 0.3) is 0 Å². The van der Waals surface area contributed by atoms with Crippen molar-refractivity contribution in [1.82, 2.24) is 5.32 Å². The average Bonchev–Trinajstić information content (AvgIpc) is 2.81. The van der Waals surface area contributed by atoms with E-state index in [9.17, 15) is 0 Å². The first-order chi connectivity index (χ1) is 15.6. The second kappa shape index (κ2) is 16.3. The largest absolute Gasteiger partial charge is 0.494 e. The molecule has 178 valence electrons. The summed E-state index contributed by atoms with van der Waals surface area (Å²) in [6.07, 6.45) is 15.3. The van der Waals surface area contributed by atoms with Crippen molar-refractivity contribution in [2.75, 3.05) is 19.7 Å². The van der Waals surface area contributed by atoms with Crippen LogP contribution in [0.1, 0.15) is 95.5 Å². The second-order valence-electron chi connectivity index (χ2n) is 8.80. The number of amidine groups is 2. The summed E-state index contributed by atoms with van der Waals surface area (Å²) >= 11 is 0. The van der Waals surface area contributed by atoms with E-state index >= 15 is 0 Å². The maximum atomic E-state index is 8.14. The lowest BCUT2D eigenvalue weighted by Crippen LogP contribution is -2.30. The Balaban J connectivity index is 1.40. The summed E-state index contributed by atoms with van der Waals surface area (Å²) in [5.41, 5.74) is 7.39. The molecule has 6 heteroatoms. The molecule has 0 saturated carbocycles. The summed E-state index contributed by atoms with van der Waals surface area (Å²) in [6.45, 7) is 2.64.